The van der Waals surface area contributed by atoms with Gasteiger partial charge in [-0.2, -0.15) is 0 Å². The molecular weight excluding hydrogens is 388 g/mol. The fourth-order valence-electron chi connectivity index (χ4n) is 4.89. The van der Waals surface area contributed by atoms with Crippen molar-refractivity contribution in [2.75, 3.05) is 19.0 Å². The van der Waals surface area contributed by atoms with Gasteiger partial charge in [0.2, 0.25) is 5.91 Å². The SMILES string of the molecule is COc1ccc(C)cc1NC(=O)C1c2ccccc2C(=O)N2CCc3ccccc3C12. The molecule has 0 saturated heterocycles. The lowest BCUT2D eigenvalue weighted by atomic mass is 9.76. The van der Waals surface area contributed by atoms with Gasteiger partial charge in [-0.3, -0.25) is 9.59 Å². The summed E-state index contributed by atoms with van der Waals surface area (Å²) in [6.45, 7) is 2.58. The number of ether oxygens (including phenoxy) is 1. The van der Waals surface area contributed by atoms with Gasteiger partial charge in [0.1, 0.15) is 5.75 Å². The molecule has 5 heteroatoms. The summed E-state index contributed by atoms with van der Waals surface area (Å²) in [5.41, 5.74) is 5.29. The highest BCUT2D eigenvalue weighted by atomic mass is 16.5. The fourth-order valence-corrected chi connectivity index (χ4v) is 4.89. The second-order valence-corrected chi connectivity index (χ2v) is 8.15. The van der Waals surface area contributed by atoms with Crippen LogP contribution in [-0.2, 0) is 11.2 Å². The van der Waals surface area contributed by atoms with Gasteiger partial charge in [-0.25, -0.2) is 0 Å². The van der Waals surface area contributed by atoms with Crippen LogP contribution in [0.15, 0.2) is 66.7 Å². The minimum absolute atomic E-state index is 0.00714. The molecule has 5 rings (SSSR count). The lowest BCUT2D eigenvalue weighted by molar-refractivity contribution is -0.119. The molecule has 0 spiro atoms. The molecular formula is C26H24N2O3. The smallest absolute Gasteiger partial charge is 0.254 e. The number of hydrogen-bond acceptors (Lipinski definition) is 3. The molecule has 3 aromatic carbocycles. The van der Waals surface area contributed by atoms with Gasteiger partial charge in [-0.05, 0) is 53.8 Å². The average molecular weight is 412 g/mol. The normalized spacial score (nSPS) is 19.2. The van der Waals surface area contributed by atoms with Crippen LogP contribution < -0.4 is 10.1 Å². The van der Waals surface area contributed by atoms with Gasteiger partial charge >= 0.3 is 0 Å². The molecule has 5 nitrogen and oxygen atoms in total. The highest BCUT2D eigenvalue weighted by Crippen LogP contribution is 2.46. The first-order valence-corrected chi connectivity index (χ1v) is 10.5. The van der Waals surface area contributed by atoms with E-state index >= 15 is 0 Å². The van der Waals surface area contributed by atoms with Crippen molar-refractivity contribution in [1.29, 1.82) is 0 Å². The molecule has 0 fully saturated rings. The molecule has 2 aliphatic heterocycles. The minimum Gasteiger partial charge on any atom is -0.495 e. The number of hydrogen-bond donors (Lipinski definition) is 1. The Morgan fingerprint density at radius 2 is 1.77 bits per heavy atom. The molecule has 2 heterocycles. The van der Waals surface area contributed by atoms with E-state index in [0.717, 1.165) is 23.1 Å². The van der Waals surface area contributed by atoms with E-state index in [2.05, 4.69) is 11.4 Å². The predicted octanol–water partition coefficient (Wildman–Crippen LogP) is 4.48. The van der Waals surface area contributed by atoms with Crippen LogP contribution >= 0.6 is 0 Å². The Balaban J connectivity index is 1.63. The lowest BCUT2D eigenvalue weighted by Crippen LogP contribution is -2.49. The summed E-state index contributed by atoms with van der Waals surface area (Å²) in [5, 5.41) is 3.09. The number of aryl methyl sites for hydroxylation is 1. The van der Waals surface area contributed by atoms with Crippen LogP contribution in [0.3, 0.4) is 0 Å². The average Bonchev–Trinajstić information content (AvgIpc) is 2.79. The van der Waals surface area contributed by atoms with Crippen LogP contribution in [0.1, 0.15) is 44.6 Å². The van der Waals surface area contributed by atoms with Crippen molar-refractivity contribution in [3.05, 3.63) is 94.5 Å². The molecule has 0 saturated carbocycles. The largest absolute Gasteiger partial charge is 0.495 e. The molecule has 1 N–H and O–H groups in total. The molecule has 156 valence electrons. The Hall–Kier alpha value is -3.60. The van der Waals surface area contributed by atoms with Gasteiger partial charge in [-0.15, -0.1) is 0 Å². The number of anilines is 1. The molecule has 31 heavy (non-hydrogen) atoms. The van der Waals surface area contributed by atoms with E-state index in [1.165, 1.54) is 5.56 Å². The van der Waals surface area contributed by atoms with Crippen LogP contribution in [0, 0.1) is 6.92 Å². The maximum Gasteiger partial charge on any atom is 0.254 e. The first-order chi connectivity index (χ1) is 15.1. The van der Waals surface area contributed by atoms with E-state index in [9.17, 15) is 9.59 Å². The topological polar surface area (TPSA) is 58.6 Å². The van der Waals surface area contributed by atoms with E-state index in [1.54, 1.807) is 7.11 Å². The highest BCUT2D eigenvalue weighted by Gasteiger charge is 2.46. The summed E-state index contributed by atoms with van der Waals surface area (Å²) in [4.78, 5) is 28.9. The summed E-state index contributed by atoms with van der Waals surface area (Å²) in [6, 6.07) is 21.0. The van der Waals surface area contributed by atoms with Crippen molar-refractivity contribution in [1.82, 2.24) is 4.90 Å². The molecule has 3 aromatic rings. The summed E-state index contributed by atoms with van der Waals surface area (Å²) >= 11 is 0. The van der Waals surface area contributed by atoms with Crippen molar-refractivity contribution < 1.29 is 14.3 Å². The van der Waals surface area contributed by atoms with E-state index < -0.39 is 5.92 Å². The Morgan fingerprint density at radius 3 is 2.58 bits per heavy atom. The number of carbonyl (C=O) groups is 2. The van der Waals surface area contributed by atoms with Crippen molar-refractivity contribution in [3.63, 3.8) is 0 Å². The maximum absolute atomic E-state index is 13.8. The van der Waals surface area contributed by atoms with Gasteiger partial charge in [0.25, 0.3) is 5.91 Å². The number of methoxy groups -OCH3 is 1. The van der Waals surface area contributed by atoms with Crippen molar-refractivity contribution in [3.8, 4) is 5.75 Å². The van der Waals surface area contributed by atoms with Crippen molar-refractivity contribution in [2.45, 2.75) is 25.3 Å². The Morgan fingerprint density at radius 1 is 1.03 bits per heavy atom. The van der Waals surface area contributed by atoms with Gasteiger partial charge in [0.15, 0.2) is 0 Å². The molecule has 2 atom stereocenters. The summed E-state index contributed by atoms with van der Waals surface area (Å²) in [5.74, 6) is -0.0524. The van der Waals surface area contributed by atoms with Gasteiger partial charge in [-0.1, -0.05) is 48.5 Å². The van der Waals surface area contributed by atoms with E-state index in [0.29, 0.717) is 23.5 Å². The zero-order valence-corrected chi connectivity index (χ0v) is 17.6. The second kappa shape index (κ2) is 7.58. The number of amides is 2. The maximum atomic E-state index is 13.8. The third kappa shape index (κ3) is 3.17. The number of nitrogens with zero attached hydrogens (tertiary/aromatic N) is 1. The molecule has 0 bridgehead atoms. The van der Waals surface area contributed by atoms with E-state index in [1.807, 2.05) is 72.5 Å². The summed E-state index contributed by atoms with van der Waals surface area (Å²) in [7, 11) is 1.59. The molecule has 0 aromatic heterocycles. The number of fused-ring (bicyclic) bond motifs is 4. The molecule has 0 radical (unpaired) electrons. The number of rotatable bonds is 3. The van der Waals surface area contributed by atoms with Gasteiger partial charge < -0.3 is 15.0 Å². The number of benzene rings is 3. The van der Waals surface area contributed by atoms with Crippen LogP contribution in [0.4, 0.5) is 5.69 Å². The first kappa shape index (κ1) is 19.4. The monoisotopic (exact) mass is 412 g/mol. The fraction of sp³-hybridized carbons (Fsp3) is 0.231. The second-order valence-electron chi connectivity index (χ2n) is 8.15. The van der Waals surface area contributed by atoms with E-state index in [-0.39, 0.29) is 17.9 Å². The van der Waals surface area contributed by atoms with Gasteiger partial charge in [0.05, 0.1) is 24.8 Å². The standard InChI is InChI=1S/C26H24N2O3/c1-16-11-12-22(31-2)21(15-16)27-25(29)23-19-9-5-6-10-20(19)26(30)28-14-13-17-7-3-4-8-18(17)24(23)28/h3-12,15,23-24H,13-14H2,1-2H3,(H,27,29). The molecule has 2 amide bonds. The Bertz CT molecular complexity index is 1190. The first-order valence-electron chi connectivity index (χ1n) is 10.5. The van der Waals surface area contributed by atoms with Crippen LogP contribution in [-0.4, -0.2) is 30.4 Å². The van der Waals surface area contributed by atoms with Gasteiger partial charge in [0, 0.05) is 12.1 Å². The third-order valence-corrected chi connectivity index (χ3v) is 6.33. The molecule has 2 aliphatic rings. The van der Waals surface area contributed by atoms with E-state index in [4.69, 9.17) is 4.74 Å². The molecule has 2 unspecified atom stereocenters. The van der Waals surface area contributed by atoms with Crippen LogP contribution in [0.2, 0.25) is 0 Å². The number of carbonyl (C=O) groups excluding carboxylic acids is 2. The summed E-state index contributed by atoms with van der Waals surface area (Å²) in [6.07, 6.45) is 0.792. The van der Waals surface area contributed by atoms with Crippen molar-refractivity contribution in [2.24, 2.45) is 0 Å². The lowest BCUT2D eigenvalue weighted by Gasteiger charge is -2.45. The zero-order valence-electron chi connectivity index (χ0n) is 17.6. The Kier molecular flexibility index (Phi) is 4.74. The van der Waals surface area contributed by atoms with Crippen molar-refractivity contribution >= 4 is 17.5 Å². The highest BCUT2D eigenvalue weighted by molar-refractivity contribution is 6.05. The third-order valence-electron chi connectivity index (χ3n) is 6.33. The molecule has 0 aliphatic carbocycles. The summed E-state index contributed by atoms with van der Waals surface area (Å²) < 4.78 is 5.46. The minimum atomic E-state index is -0.513. The Labute approximate surface area is 181 Å². The van der Waals surface area contributed by atoms with Crippen LogP contribution in [0.5, 0.6) is 5.75 Å². The van der Waals surface area contributed by atoms with Crippen LogP contribution in [0.25, 0.3) is 0 Å². The number of nitrogens with one attached hydrogen (secondary N) is 1. The zero-order chi connectivity index (χ0) is 21.5. The quantitative estimate of drug-likeness (QED) is 0.690. The predicted molar refractivity (Wildman–Crippen MR) is 119 cm³/mol.